The number of ether oxygens (including phenoxy) is 1. The first-order chi connectivity index (χ1) is 11.0. The van der Waals surface area contributed by atoms with E-state index in [-0.39, 0.29) is 18.7 Å². The van der Waals surface area contributed by atoms with Crippen LogP contribution in [0.25, 0.3) is 0 Å². The Hall–Kier alpha value is -2.87. The summed E-state index contributed by atoms with van der Waals surface area (Å²) in [5, 5.41) is 8.80. The van der Waals surface area contributed by atoms with Crippen molar-refractivity contribution in [3.8, 4) is 5.75 Å². The summed E-state index contributed by atoms with van der Waals surface area (Å²) in [6, 6.07) is 7.40. The van der Waals surface area contributed by atoms with Gasteiger partial charge in [-0.15, -0.1) is 0 Å². The van der Waals surface area contributed by atoms with Crippen molar-refractivity contribution < 1.29 is 24.2 Å². The number of hydrazine groups is 1. The lowest BCUT2D eigenvalue weighted by Crippen LogP contribution is -2.46. The van der Waals surface area contributed by atoms with Crippen LogP contribution in [0, 0.1) is 0 Å². The van der Waals surface area contributed by atoms with Gasteiger partial charge >= 0.3 is 6.09 Å². The van der Waals surface area contributed by atoms with E-state index >= 15 is 0 Å². The van der Waals surface area contributed by atoms with E-state index in [2.05, 4.69) is 10.9 Å². The average Bonchev–Trinajstić information content (AvgIpc) is 2.53. The number of nitrogens with zero attached hydrogens (tertiary/aromatic N) is 1. The van der Waals surface area contributed by atoms with Gasteiger partial charge in [-0.3, -0.25) is 14.5 Å². The third-order valence-electron chi connectivity index (χ3n) is 3.31. The van der Waals surface area contributed by atoms with Crippen molar-refractivity contribution in [2.24, 2.45) is 0 Å². The van der Waals surface area contributed by atoms with Crippen LogP contribution in [0.4, 0.5) is 4.79 Å². The number of carboxylic acid groups (broad SMARTS) is 1. The molecular weight excluding hydrogens is 302 g/mol. The minimum absolute atomic E-state index is 0.0373. The molecule has 0 spiro atoms. The Balaban J connectivity index is 1.86. The second-order valence-electron chi connectivity index (χ2n) is 4.89. The van der Waals surface area contributed by atoms with E-state index in [0.717, 1.165) is 16.2 Å². The number of rotatable bonds is 5. The van der Waals surface area contributed by atoms with Crippen LogP contribution in [0.15, 0.2) is 36.0 Å². The number of benzene rings is 1. The number of hydrogen-bond acceptors (Lipinski definition) is 6. The van der Waals surface area contributed by atoms with Gasteiger partial charge in [0, 0.05) is 12.7 Å². The van der Waals surface area contributed by atoms with Gasteiger partial charge in [0.2, 0.25) is 0 Å². The Morgan fingerprint density at radius 3 is 2.39 bits per heavy atom. The second kappa shape index (κ2) is 7.41. The van der Waals surface area contributed by atoms with Crippen LogP contribution in [0.3, 0.4) is 0 Å². The number of amides is 1. The molecule has 2 rings (SSSR count). The number of carbonyl (C=O) groups is 3. The fourth-order valence-corrected chi connectivity index (χ4v) is 2.04. The molecule has 23 heavy (non-hydrogen) atoms. The van der Waals surface area contributed by atoms with Crippen LogP contribution in [0.2, 0.25) is 0 Å². The number of methoxy groups -OCH3 is 1. The van der Waals surface area contributed by atoms with Crippen LogP contribution in [-0.2, 0) is 16.1 Å². The van der Waals surface area contributed by atoms with Gasteiger partial charge in [0.05, 0.1) is 25.8 Å². The molecule has 1 saturated heterocycles. The Labute approximate surface area is 132 Å². The van der Waals surface area contributed by atoms with E-state index in [1.54, 1.807) is 7.11 Å². The summed E-state index contributed by atoms with van der Waals surface area (Å²) < 4.78 is 5.06. The van der Waals surface area contributed by atoms with Crippen molar-refractivity contribution in [1.29, 1.82) is 0 Å². The molecule has 1 aromatic carbocycles. The Kier molecular flexibility index (Phi) is 5.32. The Morgan fingerprint density at radius 2 is 1.87 bits per heavy atom. The second-order valence-corrected chi connectivity index (χ2v) is 4.89. The summed E-state index contributed by atoms with van der Waals surface area (Å²) in [6.45, 7) is -0.155. The van der Waals surface area contributed by atoms with Gasteiger partial charge in [-0.1, -0.05) is 12.1 Å². The molecule has 1 aromatic rings. The maximum Gasteiger partial charge on any atom is 0.408 e. The van der Waals surface area contributed by atoms with Crippen LogP contribution in [-0.4, -0.2) is 47.9 Å². The molecule has 0 radical (unpaired) electrons. The van der Waals surface area contributed by atoms with E-state index in [0.29, 0.717) is 6.54 Å². The van der Waals surface area contributed by atoms with E-state index in [1.165, 1.54) is 6.20 Å². The molecular formula is C15H17N3O5. The van der Waals surface area contributed by atoms with E-state index < -0.39 is 17.7 Å². The number of Topliss-reactive ketones (excluding diaryl/α,β-unsaturated/α-hetero) is 2. The predicted octanol–water partition coefficient (Wildman–Crippen LogP) is 0.305. The first kappa shape index (κ1) is 16.5. The molecule has 8 nitrogen and oxygen atoms in total. The highest BCUT2D eigenvalue weighted by molar-refractivity contribution is 6.23. The third kappa shape index (κ3) is 4.30. The van der Waals surface area contributed by atoms with Crippen molar-refractivity contribution in [2.75, 3.05) is 20.2 Å². The molecule has 1 fully saturated rings. The largest absolute Gasteiger partial charge is 0.497 e. The van der Waals surface area contributed by atoms with Crippen molar-refractivity contribution in [2.45, 2.75) is 6.54 Å². The standard InChI is InChI=1S/C15H17N3O5/c1-23-11-4-2-10(3-5-11)6-16-17-7-12-13(19)8-18(15(21)22)9-14(12)20/h2-5,7,16-17H,6,8-9H2,1H3,(H,21,22). The van der Waals surface area contributed by atoms with Gasteiger partial charge in [0.25, 0.3) is 0 Å². The number of likely N-dealkylation sites (tertiary alicyclic amines) is 1. The Bertz CT molecular complexity index is 619. The summed E-state index contributed by atoms with van der Waals surface area (Å²) in [5.41, 5.74) is 6.49. The van der Waals surface area contributed by atoms with E-state index in [4.69, 9.17) is 9.84 Å². The molecule has 1 aliphatic rings. The van der Waals surface area contributed by atoms with Gasteiger partial charge in [-0.25, -0.2) is 10.2 Å². The summed E-state index contributed by atoms with van der Waals surface area (Å²) in [6.07, 6.45) is -0.00996. The molecule has 0 atom stereocenters. The fraction of sp³-hybridized carbons (Fsp3) is 0.267. The molecule has 0 bridgehead atoms. The zero-order valence-corrected chi connectivity index (χ0v) is 12.5. The molecule has 0 aliphatic carbocycles. The highest BCUT2D eigenvalue weighted by Gasteiger charge is 2.31. The summed E-state index contributed by atoms with van der Waals surface area (Å²) >= 11 is 0. The molecule has 1 amide bonds. The van der Waals surface area contributed by atoms with Crippen molar-refractivity contribution in [3.63, 3.8) is 0 Å². The van der Waals surface area contributed by atoms with Crippen molar-refractivity contribution >= 4 is 17.7 Å². The van der Waals surface area contributed by atoms with Crippen molar-refractivity contribution in [3.05, 3.63) is 41.6 Å². The van der Waals surface area contributed by atoms with Crippen molar-refractivity contribution in [1.82, 2.24) is 15.8 Å². The van der Waals surface area contributed by atoms with E-state index in [1.807, 2.05) is 24.3 Å². The Morgan fingerprint density at radius 1 is 1.26 bits per heavy atom. The topological polar surface area (TPSA) is 108 Å². The van der Waals surface area contributed by atoms with Gasteiger partial charge in [0.15, 0.2) is 11.6 Å². The summed E-state index contributed by atoms with van der Waals surface area (Å²) in [7, 11) is 1.59. The lowest BCUT2D eigenvalue weighted by Gasteiger charge is -2.23. The first-order valence-electron chi connectivity index (χ1n) is 6.87. The molecule has 0 saturated carbocycles. The zero-order chi connectivity index (χ0) is 16.8. The van der Waals surface area contributed by atoms with Gasteiger partial charge in [-0.05, 0) is 17.7 Å². The maximum atomic E-state index is 11.8. The number of ketones is 2. The van der Waals surface area contributed by atoms with Gasteiger partial charge in [-0.2, -0.15) is 0 Å². The normalized spacial score (nSPS) is 14.7. The zero-order valence-electron chi connectivity index (χ0n) is 12.5. The molecule has 8 heteroatoms. The van der Waals surface area contributed by atoms with Crippen LogP contribution < -0.4 is 15.6 Å². The molecule has 0 unspecified atom stereocenters. The quantitative estimate of drug-likeness (QED) is 0.310. The van der Waals surface area contributed by atoms with Gasteiger partial charge in [0.1, 0.15) is 5.75 Å². The monoisotopic (exact) mass is 319 g/mol. The van der Waals surface area contributed by atoms with E-state index in [9.17, 15) is 14.4 Å². The fourth-order valence-electron chi connectivity index (χ4n) is 2.04. The lowest BCUT2D eigenvalue weighted by molar-refractivity contribution is -0.125. The predicted molar refractivity (Wildman–Crippen MR) is 80.7 cm³/mol. The molecule has 1 heterocycles. The number of carbonyl (C=O) groups excluding carboxylic acids is 2. The summed E-state index contributed by atoms with van der Waals surface area (Å²) in [5.74, 6) is -0.296. The van der Waals surface area contributed by atoms with Crippen LogP contribution in [0.1, 0.15) is 5.56 Å². The molecule has 3 N–H and O–H groups in total. The molecule has 0 aromatic heterocycles. The number of nitrogens with one attached hydrogen (secondary N) is 2. The highest BCUT2D eigenvalue weighted by Crippen LogP contribution is 2.11. The average molecular weight is 319 g/mol. The van der Waals surface area contributed by atoms with Crippen LogP contribution >= 0.6 is 0 Å². The van der Waals surface area contributed by atoms with Gasteiger partial charge < -0.3 is 15.3 Å². The van der Waals surface area contributed by atoms with Crippen LogP contribution in [0.5, 0.6) is 5.75 Å². The minimum Gasteiger partial charge on any atom is -0.497 e. The maximum absolute atomic E-state index is 11.8. The summed E-state index contributed by atoms with van der Waals surface area (Å²) in [4.78, 5) is 35.1. The SMILES string of the molecule is COc1ccc(CNNC=C2C(=O)CN(C(=O)O)CC2=O)cc1. The molecule has 1 aliphatic heterocycles. The lowest BCUT2D eigenvalue weighted by atomic mass is 10.0. The third-order valence-corrected chi connectivity index (χ3v) is 3.31. The number of piperidine rings is 1. The number of hydrogen-bond donors (Lipinski definition) is 3. The smallest absolute Gasteiger partial charge is 0.408 e. The first-order valence-corrected chi connectivity index (χ1v) is 6.87. The minimum atomic E-state index is -1.28. The molecule has 122 valence electrons. The highest BCUT2D eigenvalue weighted by atomic mass is 16.5.